The molecule has 2 aromatic heterocycles. The molecule has 7 heteroatoms. The molecule has 0 aromatic carbocycles. The van der Waals surface area contributed by atoms with E-state index in [2.05, 4.69) is 10.1 Å². The minimum absolute atomic E-state index is 0.0432. The van der Waals surface area contributed by atoms with Crippen LogP contribution < -0.4 is 0 Å². The molecule has 96 valence electrons. The molecular formula is C12H11N5O2. The summed E-state index contributed by atoms with van der Waals surface area (Å²) in [6.07, 6.45) is 1.57. The minimum atomic E-state index is -0.425. The number of pyridine rings is 1. The lowest BCUT2D eigenvalue weighted by molar-refractivity contribution is -0.386. The van der Waals surface area contributed by atoms with E-state index in [4.69, 9.17) is 5.26 Å². The van der Waals surface area contributed by atoms with E-state index in [1.807, 2.05) is 6.07 Å². The highest BCUT2D eigenvalue weighted by atomic mass is 16.6. The summed E-state index contributed by atoms with van der Waals surface area (Å²) in [4.78, 5) is 14.4. The Labute approximate surface area is 109 Å². The Morgan fingerprint density at radius 2 is 2.21 bits per heavy atom. The number of rotatable bonds is 3. The van der Waals surface area contributed by atoms with Gasteiger partial charge in [-0.1, -0.05) is 6.07 Å². The van der Waals surface area contributed by atoms with Crippen LogP contribution in [-0.2, 0) is 6.54 Å². The van der Waals surface area contributed by atoms with Crippen molar-refractivity contribution in [3.63, 3.8) is 0 Å². The van der Waals surface area contributed by atoms with Crippen molar-refractivity contribution < 1.29 is 4.92 Å². The first-order valence-corrected chi connectivity index (χ1v) is 5.56. The zero-order chi connectivity index (χ0) is 14.0. The molecular weight excluding hydrogens is 246 g/mol. The summed E-state index contributed by atoms with van der Waals surface area (Å²) < 4.78 is 1.57. The van der Waals surface area contributed by atoms with E-state index in [-0.39, 0.29) is 5.69 Å². The summed E-state index contributed by atoms with van der Waals surface area (Å²) in [5.74, 6) is 0. The van der Waals surface area contributed by atoms with Crippen molar-refractivity contribution in [1.82, 2.24) is 14.8 Å². The lowest BCUT2D eigenvalue weighted by Gasteiger charge is -2.03. The van der Waals surface area contributed by atoms with Crippen molar-refractivity contribution in [2.45, 2.75) is 20.4 Å². The summed E-state index contributed by atoms with van der Waals surface area (Å²) in [5, 5.41) is 23.7. The second-order valence-electron chi connectivity index (χ2n) is 4.10. The fourth-order valence-corrected chi connectivity index (χ4v) is 1.86. The van der Waals surface area contributed by atoms with Crippen LogP contribution in [0.3, 0.4) is 0 Å². The summed E-state index contributed by atoms with van der Waals surface area (Å²) in [5.41, 5.74) is 2.11. The fraction of sp³-hybridized carbons (Fsp3) is 0.250. The molecule has 0 aliphatic rings. The van der Waals surface area contributed by atoms with Crippen LogP contribution in [0.4, 0.5) is 5.69 Å². The van der Waals surface area contributed by atoms with Crippen molar-refractivity contribution in [3.05, 3.63) is 51.1 Å². The second kappa shape index (κ2) is 4.86. The van der Waals surface area contributed by atoms with E-state index in [0.717, 1.165) is 5.56 Å². The number of hydrogen-bond acceptors (Lipinski definition) is 5. The zero-order valence-corrected chi connectivity index (χ0v) is 10.5. The Bertz CT molecular complexity index is 667. The highest BCUT2D eigenvalue weighted by Gasteiger charge is 2.21. The van der Waals surface area contributed by atoms with E-state index in [0.29, 0.717) is 23.6 Å². The van der Waals surface area contributed by atoms with Crippen molar-refractivity contribution in [1.29, 1.82) is 5.26 Å². The van der Waals surface area contributed by atoms with Crippen LogP contribution in [0, 0.1) is 35.3 Å². The quantitative estimate of drug-likeness (QED) is 0.616. The fourth-order valence-electron chi connectivity index (χ4n) is 1.86. The lowest BCUT2D eigenvalue weighted by atomic mass is 10.2. The number of aromatic nitrogens is 3. The van der Waals surface area contributed by atoms with Gasteiger partial charge < -0.3 is 0 Å². The Hall–Kier alpha value is -2.75. The van der Waals surface area contributed by atoms with Crippen molar-refractivity contribution in [2.75, 3.05) is 0 Å². The van der Waals surface area contributed by atoms with Crippen LogP contribution in [0.25, 0.3) is 0 Å². The van der Waals surface area contributed by atoms with Gasteiger partial charge in [0.25, 0.3) is 0 Å². The first-order valence-electron chi connectivity index (χ1n) is 5.56. The molecule has 19 heavy (non-hydrogen) atoms. The Morgan fingerprint density at radius 3 is 2.68 bits per heavy atom. The van der Waals surface area contributed by atoms with Crippen molar-refractivity contribution >= 4 is 5.69 Å². The molecule has 0 aliphatic carbocycles. The van der Waals surface area contributed by atoms with Gasteiger partial charge in [0.2, 0.25) is 0 Å². The third kappa shape index (κ3) is 2.42. The Balaban J connectivity index is 2.31. The summed E-state index contributed by atoms with van der Waals surface area (Å²) in [6, 6.07) is 5.30. The molecule has 2 heterocycles. The first kappa shape index (κ1) is 12.7. The number of nitro groups is 1. The largest absolute Gasteiger partial charge is 0.312 e. The molecule has 0 saturated heterocycles. The van der Waals surface area contributed by atoms with E-state index >= 15 is 0 Å². The molecule has 0 N–H and O–H groups in total. The van der Waals surface area contributed by atoms with Gasteiger partial charge in [-0.25, -0.2) is 4.98 Å². The molecule has 0 spiro atoms. The summed E-state index contributed by atoms with van der Waals surface area (Å²) in [7, 11) is 0. The minimum Gasteiger partial charge on any atom is -0.258 e. The second-order valence-corrected chi connectivity index (χ2v) is 4.10. The highest BCUT2D eigenvalue weighted by Crippen LogP contribution is 2.22. The van der Waals surface area contributed by atoms with Crippen LogP contribution in [0.15, 0.2) is 18.3 Å². The van der Waals surface area contributed by atoms with Gasteiger partial charge in [0.1, 0.15) is 23.2 Å². The maximum Gasteiger partial charge on any atom is 0.312 e. The molecule has 2 aromatic rings. The Morgan fingerprint density at radius 1 is 1.47 bits per heavy atom. The van der Waals surface area contributed by atoms with Gasteiger partial charge in [0, 0.05) is 6.20 Å². The van der Waals surface area contributed by atoms with Crippen LogP contribution >= 0.6 is 0 Å². The summed E-state index contributed by atoms with van der Waals surface area (Å²) in [6.45, 7) is 3.66. The van der Waals surface area contributed by atoms with Crippen LogP contribution in [0.2, 0.25) is 0 Å². The van der Waals surface area contributed by atoms with Crippen molar-refractivity contribution in [3.8, 4) is 6.07 Å². The molecule has 0 saturated carbocycles. The number of hydrogen-bond donors (Lipinski definition) is 0. The Kier molecular flexibility index (Phi) is 3.25. The number of nitriles is 1. The zero-order valence-electron chi connectivity index (χ0n) is 10.5. The lowest BCUT2D eigenvalue weighted by Crippen LogP contribution is -2.05. The first-order chi connectivity index (χ1) is 9.02. The number of nitrogens with zero attached hydrogens (tertiary/aromatic N) is 5. The predicted molar refractivity (Wildman–Crippen MR) is 66.4 cm³/mol. The van der Waals surface area contributed by atoms with Crippen molar-refractivity contribution in [2.24, 2.45) is 0 Å². The molecule has 7 nitrogen and oxygen atoms in total. The molecule has 0 aliphatic heterocycles. The van der Waals surface area contributed by atoms with Crippen LogP contribution in [0.5, 0.6) is 0 Å². The highest BCUT2D eigenvalue weighted by molar-refractivity contribution is 5.39. The van der Waals surface area contributed by atoms with Gasteiger partial charge in [-0.05, 0) is 25.5 Å². The van der Waals surface area contributed by atoms with Gasteiger partial charge >= 0.3 is 5.69 Å². The molecule has 2 rings (SSSR count). The molecule has 0 unspecified atom stereocenters. The molecule has 0 bridgehead atoms. The topological polar surface area (TPSA) is 97.6 Å². The third-order valence-corrected chi connectivity index (χ3v) is 2.80. The smallest absolute Gasteiger partial charge is 0.258 e. The molecule has 0 amide bonds. The van der Waals surface area contributed by atoms with E-state index in [9.17, 15) is 10.1 Å². The summed E-state index contributed by atoms with van der Waals surface area (Å²) >= 11 is 0. The maximum atomic E-state index is 10.9. The van der Waals surface area contributed by atoms with E-state index < -0.39 is 4.92 Å². The van der Waals surface area contributed by atoms with Gasteiger partial charge in [0.15, 0.2) is 0 Å². The SMILES string of the molecule is Cc1nn(Cc2ccc(C#N)nc2)c(C)c1[N+](=O)[O-]. The van der Waals surface area contributed by atoms with E-state index in [1.165, 1.54) is 0 Å². The molecule has 0 fully saturated rings. The predicted octanol–water partition coefficient (Wildman–Crippen LogP) is 1.72. The molecule has 0 radical (unpaired) electrons. The van der Waals surface area contributed by atoms with Gasteiger partial charge in [-0.2, -0.15) is 10.4 Å². The third-order valence-electron chi connectivity index (χ3n) is 2.80. The standard InChI is InChI=1S/C12H11N5O2/c1-8-12(17(18)19)9(2)16(15-8)7-10-3-4-11(5-13)14-6-10/h3-4,6H,7H2,1-2H3. The van der Waals surface area contributed by atoms with Crippen LogP contribution in [-0.4, -0.2) is 19.7 Å². The van der Waals surface area contributed by atoms with Gasteiger partial charge in [-0.15, -0.1) is 0 Å². The molecule has 0 atom stereocenters. The average Bonchev–Trinajstić information content (AvgIpc) is 2.65. The maximum absolute atomic E-state index is 10.9. The monoisotopic (exact) mass is 257 g/mol. The van der Waals surface area contributed by atoms with Gasteiger partial charge in [-0.3, -0.25) is 14.8 Å². The average molecular weight is 257 g/mol. The normalized spacial score (nSPS) is 10.2. The van der Waals surface area contributed by atoms with Crippen LogP contribution in [0.1, 0.15) is 22.6 Å². The number of aryl methyl sites for hydroxylation is 1. The van der Waals surface area contributed by atoms with Gasteiger partial charge in [0.05, 0.1) is 11.5 Å². The van der Waals surface area contributed by atoms with E-state index in [1.54, 1.807) is 36.9 Å².